The first kappa shape index (κ1) is 27.7. The number of hydrogen-bond acceptors (Lipinski definition) is 9. The van der Waals surface area contributed by atoms with Crippen LogP contribution in [0, 0.1) is 27.2 Å². The van der Waals surface area contributed by atoms with Crippen molar-refractivity contribution < 1.29 is 29.9 Å². The second kappa shape index (κ2) is 12.9. The lowest BCUT2D eigenvalue weighted by Crippen LogP contribution is -2.40. The number of benzene rings is 3. The van der Waals surface area contributed by atoms with E-state index in [0.29, 0.717) is 16.9 Å². The second-order valence-corrected chi connectivity index (χ2v) is 8.68. The number of hydrogen-bond donors (Lipinski definition) is 3. The monoisotopic (exact) mass is 511 g/mol. The summed E-state index contributed by atoms with van der Waals surface area (Å²) >= 11 is 0. The number of nitro groups is 2. The fourth-order valence-corrected chi connectivity index (χ4v) is 3.82. The number of para-hydroxylation sites is 1. The third kappa shape index (κ3) is 8.05. The van der Waals surface area contributed by atoms with Gasteiger partial charge in [-0.05, 0) is 53.9 Å². The zero-order chi connectivity index (χ0) is 26.9. The van der Waals surface area contributed by atoms with E-state index in [1.165, 1.54) is 48.5 Å². The predicted octanol–water partition coefficient (Wildman–Crippen LogP) is 3.32. The van der Waals surface area contributed by atoms with Crippen LogP contribution >= 0.6 is 0 Å². The summed E-state index contributed by atoms with van der Waals surface area (Å²) in [6, 6.07) is 18.3. The van der Waals surface area contributed by atoms with Crippen molar-refractivity contribution in [2.45, 2.75) is 25.2 Å². The Bertz CT molecular complexity index is 1120. The van der Waals surface area contributed by atoms with E-state index in [2.05, 4.69) is 0 Å². The number of ether oxygens (including phenoxy) is 1. The van der Waals surface area contributed by atoms with Crippen LogP contribution in [0.1, 0.15) is 28.9 Å². The van der Waals surface area contributed by atoms with Gasteiger partial charge >= 0.3 is 0 Å². The summed E-state index contributed by atoms with van der Waals surface area (Å²) in [7, 11) is 0. The van der Waals surface area contributed by atoms with Gasteiger partial charge in [0.15, 0.2) is 0 Å². The van der Waals surface area contributed by atoms with Gasteiger partial charge in [-0.15, -0.1) is 0 Å². The van der Waals surface area contributed by atoms with Crippen LogP contribution in [0.25, 0.3) is 0 Å². The molecule has 0 heterocycles. The summed E-state index contributed by atoms with van der Waals surface area (Å²) < 4.78 is 5.72. The molecule has 3 aromatic rings. The van der Waals surface area contributed by atoms with E-state index < -0.39 is 28.2 Å². The first-order valence-corrected chi connectivity index (χ1v) is 11.6. The molecule has 196 valence electrons. The number of nitro benzene ring substituents is 2. The average Bonchev–Trinajstić information content (AvgIpc) is 2.88. The summed E-state index contributed by atoms with van der Waals surface area (Å²) in [6.45, 7) is 1.91. The maximum absolute atomic E-state index is 10.9. The molecule has 11 heteroatoms. The number of aryl methyl sites for hydroxylation is 1. The van der Waals surface area contributed by atoms with Gasteiger partial charge in [-0.1, -0.05) is 18.2 Å². The Morgan fingerprint density at radius 2 is 1.22 bits per heavy atom. The lowest BCUT2D eigenvalue weighted by Gasteiger charge is -2.29. The van der Waals surface area contributed by atoms with Crippen LogP contribution in [0.4, 0.5) is 11.4 Å². The number of aliphatic hydroxyl groups is 3. The van der Waals surface area contributed by atoms with Crippen molar-refractivity contribution in [3.63, 3.8) is 0 Å². The molecule has 0 aliphatic heterocycles. The number of non-ortho nitro benzene ring substituents is 2. The second-order valence-electron chi connectivity index (χ2n) is 8.68. The van der Waals surface area contributed by atoms with Crippen molar-refractivity contribution in [3.05, 3.63) is 110 Å². The number of rotatable bonds is 13. The molecule has 37 heavy (non-hydrogen) atoms. The van der Waals surface area contributed by atoms with E-state index in [1.54, 1.807) is 11.0 Å². The maximum atomic E-state index is 10.9. The molecule has 0 bridgehead atoms. The van der Waals surface area contributed by atoms with Crippen LogP contribution in [0.3, 0.4) is 0 Å². The van der Waals surface area contributed by atoms with Gasteiger partial charge in [0, 0.05) is 43.9 Å². The molecule has 0 unspecified atom stereocenters. The zero-order valence-electron chi connectivity index (χ0n) is 20.2. The number of nitrogens with zero attached hydrogens (tertiary/aromatic N) is 3. The van der Waals surface area contributed by atoms with Crippen molar-refractivity contribution in [3.8, 4) is 5.75 Å². The first-order chi connectivity index (χ1) is 17.6. The summed E-state index contributed by atoms with van der Waals surface area (Å²) in [5.74, 6) is 0.630. The molecule has 0 saturated heterocycles. The van der Waals surface area contributed by atoms with E-state index in [9.17, 15) is 35.5 Å². The molecule has 0 aromatic heterocycles. The topological polar surface area (TPSA) is 159 Å². The van der Waals surface area contributed by atoms with Gasteiger partial charge in [0.2, 0.25) is 0 Å². The van der Waals surface area contributed by atoms with Crippen molar-refractivity contribution in [1.82, 2.24) is 4.90 Å². The lowest BCUT2D eigenvalue weighted by atomic mass is 10.1. The van der Waals surface area contributed by atoms with Gasteiger partial charge in [-0.3, -0.25) is 25.1 Å². The smallest absolute Gasteiger partial charge is 0.269 e. The van der Waals surface area contributed by atoms with Crippen molar-refractivity contribution in [2.24, 2.45) is 0 Å². The molecule has 3 rings (SSSR count). The molecule has 0 radical (unpaired) electrons. The Balaban J connectivity index is 1.71. The van der Waals surface area contributed by atoms with Gasteiger partial charge in [0.1, 0.15) is 18.5 Å². The highest BCUT2D eigenvalue weighted by molar-refractivity contribution is 5.35. The summed E-state index contributed by atoms with van der Waals surface area (Å²) in [6.07, 6.45) is -3.09. The molecule has 3 aromatic carbocycles. The van der Waals surface area contributed by atoms with E-state index in [-0.39, 0.29) is 37.6 Å². The highest BCUT2D eigenvalue weighted by atomic mass is 16.6. The van der Waals surface area contributed by atoms with E-state index >= 15 is 0 Å². The van der Waals surface area contributed by atoms with Crippen LogP contribution in [0.2, 0.25) is 0 Å². The molecule has 0 fully saturated rings. The third-order valence-corrected chi connectivity index (χ3v) is 5.83. The van der Waals surface area contributed by atoms with Crippen LogP contribution in [0.15, 0.2) is 72.8 Å². The molecule has 0 aliphatic rings. The Morgan fingerprint density at radius 3 is 1.65 bits per heavy atom. The van der Waals surface area contributed by atoms with Gasteiger partial charge < -0.3 is 20.1 Å². The minimum Gasteiger partial charge on any atom is -0.491 e. The summed E-state index contributed by atoms with van der Waals surface area (Å²) in [5, 5.41) is 54.0. The maximum Gasteiger partial charge on any atom is 0.269 e. The molecule has 0 saturated carbocycles. The Labute approximate surface area is 213 Å². The molecule has 11 nitrogen and oxygen atoms in total. The minimum atomic E-state index is -1.06. The van der Waals surface area contributed by atoms with Crippen LogP contribution in [0.5, 0.6) is 5.75 Å². The van der Waals surface area contributed by atoms with Crippen molar-refractivity contribution in [2.75, 3.05) is 26.2 Å². The third-order valence-electron chi connectivity index (χ3n) is 5.83. The number of aliphatic hydroxyl groups excluding tert-OH is 3. The SMILES string of the molecule is Cc1ccccc1OC[C@@H](O)CN(C[C@@H](O)c1ccc([N+](=O)[O-])cc1)C[C@H](O)c1ccc([N+](=O)[O-])cc1. The standard InChI is InChI=1S/C26H29N3O8/c1-18-4-2-3-5-26(18)37-17-23(30)14-27(15-24(31)19-6-10-21(11-7-19)28(33)34)16-25(32)20-8-12-22(13-9-20)29(35)36/h2-13,23-25,30-32H,14-17H2,1H3/t23-,24-,25+/m0/s1. The van der Waals surface area contributed by atoms with Gasteiger partial charge in [0.05, 0.1) is 22.1 Å². The molecule has 3 atom stereocenters. The normalized spacial score (nSPS) is 13.6. The van der Waals surface area contributed by atoms with Crippen LogP contribution in [-0.2, 0) is 0 Å². The van der Waals surface area contributed by atoms with Crippen LogP contribution in [-0.4, -0.2) is 62.4 Å². The molecule has 3 N–H and O–H groups in total. The fraction of sp³-hybridized carbons (Fsp3) is 0.308. The van der Waals surface area contributed by atoms with Gasteiger partial charge in [0.25, 0.3) is 11.4 Å². The summed E-state index contributed by atoms with van der Waals surface area (Å²) in [5.41, 5.74) is 1.57. The van der Waals surface area contributed by atoms with E-state index in [1.807, 2.05) is 25.1 Å². The fourth-order valence-electron chi connectivity index (χ4n) is 3.82. The average molecular weight is 512 g/mol. The quantitative estimate of drug-likeness (QED) is 0.231. The zero-order valence-corrected chi connectivity index (χ0v) is 20.2. The molecular formula is C26H29N3O8. The first-order valence-electron chi connectivity index (χ1n) is 11.6. The largest absolute Gasteiger partial charge is 0.491 e. The van der Waals surface area contributed by atoms with E-state index in [0.717, 1.165) is 5.56 Å². The van der Waals surface area contributed by atoms with Crippen LogP contribution < -0.4 is 4.74 Å². The highest BCUT2D eigenvalue weighted by Gasteiger charge is 2.22. The minimum absolute atomic E-state index is 0.00325. The van der Waals surface area contributed by atoms with Gasteiger partial charge in [-0.25, -0.2) is 0 Å². The van der Waals surface area contributed by atoms with Crippen molar-refractivity contribution in [1.29, 1.82) is 0 Å². The lowest BCUT2D eigenvalue weighted by molar-refractivity contribution is -0.385. The Kier molecular flexibility index (Phi) is 9.64. The predicted molar refractivity (Wildman–Crippen MR) is 135 cm³/mol. The Morgan fingerprint density at radius 1 is 0.757 bits per heavy atom. The summed E-state index contributed by atoms with van der Waals surface area (Å²) in [4.78, 5) is 22.4. The van der Waals surface area contributed by atoms with E-state index in [4.69, 9.17) is 4.74 Å². The van der Waals surface area contributed by atoms with Crippen molar-refractivity contribution >= 4 is 11.4 Å². The molecule has 0 amide bonds. The molecular weight excluding hydrogens is 482 g/mol. The Hall–Kier alpha value is -3.90. The molecule has 0 aliphatic carbocycles. The van der Waals surface area contributed by atoms with Gasteiger partial charge in [-0.2, -0.15) is 0 Å². The highest BCUT2D eigenvalue weighted by Crippen LogP contribution is 2.23. The molecule has 0 spiro atoms.